The summed E-state index contributed by atoms with van der Waals surface area (Å²) >= 11 is 2.39. The van der Waals surface area contributed by atoms with Gasteiger partial charge in [-0.3, -0.25) is 0 Å². The van der Waals surface area contributed by atoms with Crippen LogP contribution in [0, 0.1) is 15.4 Å². The van der Waals surface area contributed by atoms with Gasteiger partial charge < -0.3 is 5.32 Å². The van der Waals surface area contributed by atoms with Crippen molar-refractivity contribution >= 4 is 22.6 Å². The van der Waals surface area contributed by atoms with E-state index in [-0.39, 0.29) is 0 Å². The molecule has 1 aliphatic rings. The SMILES string of the molecule is CCCNC(Cc1ccc(I)cc1)C1CCCC(CC)C1. The van der Waals surface area contributed by atoms with Crippen LogP contribution < -0.4 is 5.32 Å². The van der Waals surface area contributed by atoms with Crippen LogP contribution in [0.25, 0.3) is 0 Å². The van der Waals surface area contributed by atoms with Crippen LogP contribution in [0.15, 0.2) is 24.3 Å². The molecular formula is C19H30IN. The standard InChI is InChI=1S/C19H30IN/c1-3-12-21-19(14-16-8-10-18(20)11-9-16)17-7-5-6-15(4-2)13-17/h8-11,15,17,19,21H,3-7,12-14H2,1-2H3. The summed E-state index contributed by atoms with van der Waals surface area (Å²) in [6, 6.07) is 9.76. The summed E-state index contributed by atoms with van der Waals surface area (Å²) in [5.74, 6) is 1.83. The fourth-order valence-electron chi connectivity index (χ4n) is 3.68. The van der Waals surface area contributed by atoms with Crippen LogP contribution >= 0.6 is 22.6 Å². The Morgan fingerprint density at radius 2 is 1.95 bits per heavy atom. The minimum atomic E-state index is 0.666. The summed E-state index contributed by atoms with van der Waals surface area (Å²) in [7, 11) is 0. The van der Waals surface area contributed by atoms with Crippen molar-refractivity contribution in [1.82, 2.24) is 5.32 Å². The molecule has 0 aromatic heterocycles. The average molecular weight is 399 g/mol. The number of benzene rings is 1. The molecule has 1 saturated carbocycles. The fraction of sp³-hybridized carbons (Fsp3) is 0.684. The molecule has 0 radical (unpaired) electrons. The number of hydrogen-bond donors (Lipinski definition) is 1. The Morgan fingerprint density at radius 3 is 2.62 bits per heavy atom. The lowest BCUT2D eigenvalue weighted by atomic mass is 9.75. The largest absolute Gasteiger partial charge is 0.313 e. The molecule has 1 aliphatic carbocycles. The molecule has 118 valence electrons. The van der Waals surface area contributed by atoms with Gasteiger partial charge in [-0.2, -0.15) is 0 Å². The Labute approximate surface area is 144 Å². The van der Waals surface area contributed by atoms with Crippen LogP contribution in [0.3, 0.4) is 0 Å². The molecule has 0 amide bonds. The molecular weight excluding hydrogens is 369 g/mol. The molecule has 2 heteroatoms. The van der Waals surface area contributed by atoms with E-state index in [1.807, 2.05) is 0 Å². The van der Waals surface area contributed by atoms with Gasteiger partial charge in [0.1, 0.15) is 0 Å². The van der Waals surface area contributed by atoms with Gasteiger partial charge in [0.25, 0.3) is 0 Å². The second-order valence-electron chi connectivity index (χ2n) is 6.59. The highest BCUT2D eigenvalue weighted by Gasteiger charge is 2.27. The summed E-state index contributed by atoms with van der Waals surface area (Å²) in [5, 5.41) is 3.85. The van der Waals surface area contributed by atoms with Crippen molar-refractivity contribution in [3.8, 4) is 0 Å². The van der Waals surface area contributed by atoms with Crippen LogP contribution in [-0.2, 0) is 6.42 Å². The first-order chi connectivity index (χ1) is 10.2. The van der Waals surface area contributed by atoms with Gasteiger partial charge in [-0.15, -0.1) is 0 Å². The highest BCUT2D eigenvalue weighted by atomic mass is 127. The summed E-state index contributed by atoms with van der Waals surface area (Å²) in [6.07, 6.45) is 9.52. The maximum atomic E-state index is 3.85. The Morgan fingerprint density at radius 1 is 1.19 bits per heavy atom. The van der Waals surface area contributed by atoms with E-state index < -0.39 is 0 Å². The molecule has 0 bridgehead atoms. The maximum absolute atomic E-state index is 3.85. The van der Waals surface area contributed by atoms with Crippen molar-refractivity contribution in [2.24, 2.45) is 11.8 Å². The van der Waals surface area contributed by atoms with Gasteiger partial charge >= 0.3 is 0 Å². The van der Waals surface area contributed by atoms with Crippen molar-refractivity contribution in [2.45, 2.75) is 64.8 Å². The van der Waals surface area contributed by atoms with Crippen LogP contribution in [0.5, 0.6) is 0 Å². The van der Waals surface area contributed by atoms with E-state index in [4.69, 9.17) is 0 Å². The lowest BCUT2D eigenvalue weighted by Crippen LogP contribution is -2.40. The predicted octanol–water partition coefficient (Wildman–Crippen LogP) is 5.42. The minimum absolute atomic E-state index is 0.666. The van der Waals surface area contributed by atoms with E-state index >= 15 is 0 Å². The Hall–Kier alpha value is -0.0900. The first-order valence-corrected chi connectivity index (χ1v) is 9.78. The fourth-order valence-corrected chi connectivity index (χ4v) is 4.04. The van der Waals surface area contributed by atoms with Gasteiger partial charge in [-0.25, -0.2) is 0 Å². The van der Waals surface area contributed by atoms with Crippen molar-refractivity contribution < 1.29 is 0 Å². The Balaban J connectivity index is 2.00. The van der Waals surface area contributed by atoms with Crippen molar-refractivity contribution in [2.75, 3.05) is 6.54 Å². The highest BCUT2D eigenvalue weighted by molar-refractivity contribution is 14.1. The molecule has 1 nitrogen and oxygen atoms in total. The summed E-state index contributed by atoms with van der Waals surface area (Å²) < 4.78 is 1.33. The van der Waals surface area contributed by atoms with E-state index in [0.717, 1.165) is 18.4 Å². The third kappa shape index (κ3) is 5.55. The minimum Gasteiger partial charge on any atom is -0.313 e. The zero-order valence-electron chi connectivity index (χ0n) is 13.6. The van der Waals surface area contributed by atoms with Crippen molar-refractivity contribution in [3.05, 3.63) is 33.4 Å². The number of rotatable bonds is 7. The van der Waals surface area contributed by atoms with Gasteiger partial charge in [0, 0.05) is 9.61 Å². The molecule has 0 spiro atoms. The van der Waals surface area contributed by atoms with Crippen molar-refractivity contribution in [3.63, 3.8) is 0 Å². The molecule has 3 atom stereocenters. The molecule has 0 aliphatic heterocycles. The third-order valence-electron chi connectivity index (χ3n) is 5.00. The number of hydrogen-bond acceptors (Lipinski definition) is 1. The molecule has 21 heavy (non-hydrogen) atoms. The molecule has 0 heterocycles. The molecule has 2 rings (SSSR count). The summed E-state index contributed by atoms with van der Waals surface area (Å²) in [6.45, 7) is 5.79. The molecule has 0 saturated heterocycles. The van der Waals surface area contributed by atoms with Gasteiger partial charge in [0.15, 0.2) is 0 Å². The molecule has 1 N–H and O–H groups in total. The van der Waals surface area contributed by atoms with E-state index in [0.29, 0.717) is 6.04 Å². The smallest absolute Gasteiger partial charge is 0.0136 e. The van der Waals surface area contributed by atoms with Gasteiger partial charge in [0.2, 0.25) is 0 Å². The summed E-state index contributed by atoms with van der Waals surface area (Å²) in [5.41, 5.74) is 1.49. The van der Waals surface area contributed by atoms with Crippen LogP contribution in [0.2, 0.25) is 0 Å². The van der Waals surface area contributed by atoms with Gasteiger partial charge in [-0.1, -0.05) is 45.2 Å². The first kappa shape index (κ1) is 17.3. The second-order valence-corrected chi connectivity index (χ2v) is 7.84. The van der Waals surface area contributed by atoms with Gasteiger partial charge in [-0.05, 0) is 84.4 Å². The Bertz CT molecular complexity index is 401. The lowest BCUT2D eigenvalue weighted by Gasteiger charge is -2.35. The maximum Gasteiger partial charge on any atom is 0.0136 e. The topological polar surface area (TPSA) is 12.0 Å². The van der Waals surface area contributed by atoms with E-state index in [9.17, 15) is 0 Å². The zero-order valence-corrected chi connectivity index (χ0v) is 15.7. The lowest BCUT2D eigenvalue weighted by molar-refractivity contribution is 0.207. The zero-order chi connectivity index (χ0) is 15.1. The monoisotopic (exact) mass is 399 g/mol. The number of nitrogens with one attached hydrogen (secondary N) is 1. The second kappa shape index (κ2) is 9.14. The number of halogens is 1. The van der Waals surface area contributed by atoms with Crippen molar-refractivity contribution in [1.29, 1.82) is 0 Å². The van der Waals surface area contributed by atoms with Crippen LogP contribution in [0.1, 0.15) is 57.9 Å². The van der Waals surface area contributed by atoms with E-state index in [2.05, 4.69) is 66.0 Å². The highest BCUT2D eigenvalue weighted by Crippen LogP contribution is 2.33. The molecule has 1 aromatic carbocycles. The quantitative estimate of drug-likeness (QED) is 0.604. The van der Waals surface area contributed by atoms with E-state index in [1.165, 1.54) is 54.1 Å². The molecule has 1 aromatic rings. The Kier molecular flexibility index (Phi) is 7.51. The average Bonchev–Trinajstić information content (AvgIpc) is 2.53. The summed E-state index contributed by atoms with van der Waals surface area (Å²) in [4.78, 5) is 0. The van der Waals surface area contributed by atoms with E-state index in [1.54, 1.807) is 0 Å². The predicted molar refractivity (Wildman–Crippen MR) is 101 cm³/mol. The first-order valence-electron chi connectivity index (χ1n) is 8.70. The third-order valence-corrected chi connectivity index (χ3v) is 5.71. The van der Waals surface area contributed by atoms with Crippen LogP contribution in [-0.4, -0.2) is 12.6 Å². The molecule has 3 unspecified atom stereocenters. The van der Waals surface area contributed by atoms with Gasteiger partial charge in [0.05, 0.1) is 0 Å². The van der Waals surface area contributed by atoms with Crippen LogP contribution in [0.4, 0.5) is 0 Å². The molecule has 1 fully saturated rings. The normalized spacial score (nSPS) is 24.0.